The summed E-state index contributed by atoms with van der Waals surface area (Å²) < 4.78 is 32.2. The SMILES string of the molecule is Cc1nc(Oc2cccnc2)nc(N2Cc3ccccc3S2(=O)=O)n1. The van der Waals surface area contributed by atoms with Gasteiger partial charge < -0.3 is 4.74 Å². The molecular formula is C16H13N5O3S. The van der Waals surface area contributed by atoms with Crippen molar-refractivity contribution in [3.63, 3.8) is 0 Å². The minimum Gasteiger partial charge on any atom is -0.423 e. The van der Waals surface area contributed by atoms with E-state index in [1.165, 1.54) is 6.20 Å². The summed E-state index contributed by atoms with van der Waals surface area (Å²) in [5, 5.41) is 0. The maximum Gasteiger partial charge on any atom is 0.327 e. The molecule has 0 radical (unpaired) electrons. The molecule has 0 N–H and O–H groups in total. The molecule has 0 amide bonds. The monoisotopic (exact) mass is 355 g/mol. The van der Waals surface area contributed by atoms with E-state index in [9.17, 15) is 8.42 Å². The van der Waals surface area contributed by atoms with Gasteiger partial charge in [-0.2, -0.15) is 15.0 Å². The van der Waals surface area contributed by atoms with E-state index in [4.69, 9.17) is 4.74 Å². The molecule has 0 saturated carbocycles. The first kappa shape index (κ1) is 15.5. The molecule has 3 heterocycles. The number of rotatable bonds is 3. The van der Waals surface area contributed by atoms with Crippen molar-refractivity contribution in [3.05, 3.63) is 60.2 Å². The van der Waals surface area contributed by atoms with Crippen molar-refractivity contribution >= 4 is 16.0 Å². The first-order chi connectivity index (χ1) is 12.0. The summed E-state index contributed by atoms with van der Waals surface area (Å²) in [6, 6.07) is 10.3. The van der Waals surface area contributed by atoms with E-state index < -0.39 is 10.0 Å². The van der Waals surface area contributed by atoms with Gasteiger partial charge >= 0.3 is 6.01 Å². The fourth-order valence-corrected chi connectivity index (χ4v) is 4.09. The van der Waals surface area contributed by atoms with Gasteiger partial charge in [-0.25, -0.2) is 12.7 Å². The van der Waals surface area contributed by atoms with Crippen LogP contribution >= 0.6 is 0 Å². The molecule has 0 bridgehead atoms. The third-order valence-electron chi connectivity index (χ3n) is 3.64. The number of hydrogen-bond donors (Lipinski definition) is 0. The number of aromatic nitrogens is 4. The van der Waals surface area contributed by atoms with Crippen molar-refractivity contribution in [1.82, 2.24) is 19.9 Å². The van der Waals surface area contributed by atoms with Gasteiger partial charge in [-0.1, -0.05) is 18.2 Å². The molecule has 1 aliphatic rings. The van der Waals surface area contributed by atoms with Crippen molar-refractivity contribution in [2.45, 2.75) is 18.4 Å². The molecule has 4 rings (SSSR count). The second-order valence-electron chi connectivity index (χ2n) is 5.38. The van der Waals surface area contributed by atoms with Crippen LogP contribution in [0.5, 0.6) is 11.8 Å². The molecule has 3 aromatic rings. The first-order valence-electron chi connectivity index (χ1n) is 7.45. The predicted octanol–water partition coefficient (Wildman–Crippen LogP) is 2.08. The van der Waals surface area contributed by atoms with Gasteiger partial charge in [0.25, 0.3) is 10.0 Å². The van der Waals surface area contributed by atoms with Crippen LogP contribution in [0.25, 0.3) is 0 Å². The normalized spacial score (nSPS) is 15.0. The second-order valence-corrected chi connectivity index (χ2v) is 7.21. The average Bonchev–Trinajstić information content (AvgIpc) is 2.87. The van der Waals surface area contributed by atoms with Crippen LogP contribution in [0.1, 0.15) is 11.4 Å². The van der Waals surface area contributed by atoms with Crippen molar-refractivity contribution in [2.75, 3.05) is 4.31 Å². The van der Waals surface area contributed by atoms with Crippen LogP contribution in [0, 0.1) is 6.92 Å². The average molecular weight is 355 g/mol. The number of sulfonamides is 1. The van der Waals surface area contributed by atoms with Crippen LogP contribution in [0.3, 0.4) is 0 Å². The van der Waals surface area contributed by atoms with Crippen LogP contribution < -0.4 is 9.04 Å². The molecule has 0 fully saturated rings. The van der Waals surface area contributed by atoms with Gasteiger partial charge in [0.2, 0.25) is 5.95 Å². The van der Waals surface area contributed by atoms with E-state index in [0.29, 0.717) is 17.1 Å². The van der Waals surface area contributed by atoms with Crippen LogP contribution in [-0.2, 0) is 16.6 Å². The zero-order chi connectivity index (χ0) is 17.4. The third kappa shape index (κ3) is 2.78. The van der Waals surface area contributed by atoms with Crippen LogP contribution in [-0.4, -0.2) is 28.4 Å². The summed E-state index contributed by atoms with van der Waals surface area (Å²) in [5.74, 6) is 0.837. The largest absolute Gasteiger partial charge is 0.423 e. The molecule has 9 heteroatoms. The Hall–Kier alpha value is -3.07. The van der Waals surface area contributed by atoms with Gasteiger partial charge in [-0.05, 0) is 30.7 Å². The molecule has 8 nitrogen and oxygen atoms in total. The van der Waals surface area contributed by atoms with Gasteiger partial charge in [0.1, 0.15) is 11.6 Å². The number of nitrogens with zero attached hydrogens (tertiary/aromatic N) is 5. The van der Waals surface area contributed by atoms with Gasteiger partial charge in [0, 0.05) is 6.20 Å². The van der Waals surface area contributed by atoms with E-state index >= 15 is 0 Å². The Balaban J connectivity index is 1.72. The van der Waals surface area contributed by atoms with Crippen LogP contribution in [0.15, 0.2) is 53.7 Å². The number of benzene rings is 1. The zero-order valence-corrected chi connectivity index (χ0v) is 14.0. The Morgan fingerprint density at radius 2 is 1.92 bits per heavy atom. The Labute approximate surface area is 144 Å². The van der Waals surface area contributed by atoms with E-state index in [1.807, 2.05) is 0 Å². The Morgan fingerprint density at radius 3 is 2.68 bits per heavy atom. The molecule has 0 saturated heterocycles. The van der Waals surface area contributed by atoms with Gasteiger partial charge in [-0.15, -0.1) is 0 Å². The first-order valence-corrected chi connectivity index (χ1v) is 8.89. The molecule has 0 atom stereocenters. The van der Waals surface area contributed by atoms with Gasteiger partial charge in [0.15, 0.2) is 0 Å². The number of ether oxygens (including phenoxy) is 1. The highest BCUT2D eigenvalue weighted by atomic mass is 32.2. The summed E-state index contributed by atoms with van der Waals surface area (Å²) in [7, 11) is -3.69. The minimum atomic E-state index is -3.69. The quantitative estimate of drug-likeness (QED) is 0.709. The summed E-state index contributed by atoms with van der Waals surface area (Å²) >= 11 is 0. The van der Waals surface area contributed by atoms with Crippen LogP contribution in [0.2, 0.25) is 0 Å². The highest BCUT2D eigenvalue weighted by molar-refractivity contribution is 7.93. The number of hydrogen-bond acceptors (Lipinski definition) is 7. The lowest BCUT2D eigenvalue weighted by Crippen LogP contribution is -2.26. The standard InChI is InChI=1S/C16H13N5O3S/c1-11-18-15(20-16(19-11)24-13-6-4-8-17-9-13)21-10-12-5-2-3-7-14(12)25(21,22)23/h2-9H,10H2,1H3. The highest BCUT2D eigenvalue weighted by Crippen LogP contribution is 2.33. The summed E-state index contributed by atoms with van der Waals surface area (Å²) in [4.78, 5) is 16.7. The summed E-state index contributed by atoms with van der Waals surface area (Å²) in [6.07, 6.45) is 3.13. The maximum absolute atomic E-state index is 12.7. The Bertz CT molecular complexity index is 1040. The van der Waals surface area contributed by atoms with Gasteiger partial charge in [0.05, 0.1) is 17.6 Å². The molecule has 0 aliphatic carbocycles. The maximum atomic E-state index is 12.7. The number of pyridine rings is 1. The van der Waals surface area contributed by atoms with Crippen LogP contribution in [0.4, 0.5) is 5.95 Å². The molecule has 0 spiro atoms. The minimum absolute atomic E-state index is 0.0154. The van der Waals surface area contributed by atoms with Crippen molar-refractivity contribution in [1.29, 1.82) is 0 Å². The third-order valence-corrected chi connectivity index (χ3v) is 5.46. The second kappa shape index (κ2) is 5.78. The fourth-order valence-electron chi connectivity index (χ4n) is 2.54. The topological polar surface area (TPSA) is 98.2 Å². The molecule has 1 aromatic carbocycles. The molecule has 0 unspecified atom stereocenters. The predicted molar refractivity (Wildman–Crippen MR) is 88.7 cm³/mol. The summed E-state index contributed by atoms with van der Waals surface area (Å²) in [6.45, 7) is 1.82. The summed E-state index contributed by atoms with van der Waals surface area (Å²) in [5.41, 5.74) is 0.704. The lowest BCUT2D eigenvalue weighted by molar-refractivity contribution is 0.436. The van der Waals surface area contributed by atoms with Crippen molar-refractivity contribution < 1.29 is 13.2 Å². The number of anilines is 1. The highest BCUT2D eigenvalue weighted by Gasteiger charge is 2.36. The van der Waals surface area contributed by atoms with E-state index in [0.717, 1.165) is 4.31 Å². The molecule has 126 valence electrons. The molecule has 1 aliphatic heterocycles. The Morgan fingerprint density at radius 1 is 1.08 bits per heavy atom. The molecule has 2 aromatic heterocycles. The fraction of sp³-hybridized carbons (Fsp3) is 0.125. The molecular weight excluding hydrogens is 342 g/mol. The number of aryl methyl sites for hydroxylation is 1. The zero-order valence-electron chi connectivity index (χ0n) is 13.2. The lowest BCUT2D eigenvalue weighted by Gasteiger charge is -2.15. The Kier molecular flexibility index (Phi) is 3.57. The van der Waals surface area contributed by atoms with E-state index in [2.05, 4.69) is 19.9 Å². The smallest absolute Gasteiger partial charge is 0.327 e. The molecule has 25 heavy (non-hydrogen) atoms. The van der Waals surface area contributed by atoms with E-state index in [-0.39, 0.29) is 23.4 Å². The van der Waals surface area contributed by atoms with Crippen molar-refractivity contribution in [3.8, 4) is 11.8 Å². The number of fused-ring (bicyclic) bond motifs is 1. The van der Waals surface area contributed by atoms with Gasteiger partial charge in [-0.3, -0.25) is 4.98 Å². The van der Waals surface area contributed by atoms with E-state index in [1.54, 1.807) is 49.5 Å². The lowest BCUT2D eigenvalue weighted by atomic mass is 10.2. The van der Waals surface area contributed by atoms with Crippen molar-refractivity contribution in [2.24, 2.45) is 0 Å².